The van der Waals surface area contributed by atoms with Gasteiger partial charge in [-0.2, -0.15) is 0 Å². The molecule has 182 valence electrons. The van der Waals surface area contributed by atoms with Crippen molar-refractivity contribution >= 4 is 26.7 Å². The van der Waals surface area contributed by atoms with Crippen molar-refractivity contribution in [3.8, 4) is 16.9 Å². The van der Waals surface area contributed by atoms with Gasteiger partial charge >= 0.3 is 0 Å². The lowest BCUT2D eigenvalue weighted by Crippen LogP contribution is -2.21. The molecule has 0 bridgehead atoms. The van der Waals surface area contributed by atoms with Crippen molar-refractivity contribution in [2.24, 2.45) is 0 Å². The normalized spacial score (nSPS) is 15.2. The largest absolute Gasteiger partial charge is 0.474 e. The van der Waals surface area contributed by atoms with Gasteiger partial charge in [0.05, 0.1) is 9.82 Å². The predicted octanol–water partition coefficient (Wildman–Crippen LogP) is 6.08. The van der Waals surface area contributed by atoms with E-state index in [0.29, 0.717) is 23.1 Å². The molecule has 6 nitrogen and oxygen atoms in total. The molecule has 10 heteroatoms. The second-order valence-corrected chi connectivity index (χ2v) is 10.3. The second kappa shape index (κ2) is 8.49. The van der Waals surface area contributed by atoms with Crippen molar-refractivity contribution in [1.29, 1.82) is 0 Å². The van der Waals surface area contributed by atoms with Gasteiger partial charge in [-0.1, -0.05) is 30.3 Å². The molecular formula is C26H16F3NO5S. The Bertz CT molecular complexity index is 1700. The topological polar surface area (TPSA) is 86.5 Å². The van der Waals surface area contributed by atoms with E-state index in [4.69, 9.17) is 4.74 Å². The van der Waals surface area contributed by atoms with E-state index >= 15 is 0 Å². The molecule has 4 aromatic carbocycles. The number of sulfone groups is 1. The Morgan fingerprint density at radius 3 is 2.17 bits per heavy atom. The fraction of sp³-hybridized carbons (Fsp3) is 0.0769. The van der Waals surface area contributed by atoms with Gasteiger partial charge in [-0.05, 0) is 52.2 Å². The highest BCUT2D eigenvalue weighted by atomic mass is 32.2. The molecule has 0 fully saturated rings. The first-order valence-corrected chi connectivity index (χ1v) is 12.5. The van der Waals surface area contributed by atoms with Crippen LogP contribution >= 0.6 is 0 Å². The number of nitro groups is 1. The lowest BCUT2D eigenvalue weighted by molar-refractivity contribution is -0.434. The van der Waals surface area contributed by atoms with Crippen LogP contribution in [-0.4, -0.2) is 19.6 Å². The second-order valence-electron chi connectivity index (χ2n) is 8.32. The average Bonchev–Trinajstić information content (AvgIpc) is 2.84. The Labute approximate surface area is 203 Å². The average molecular weight is 511 g/mol. The lowest BCUT2D eigenvalue weighted by atomic mass is 9.94. The van der Waals surface area contributed by atoms with E-state index in [1.807, 2.05) is 6.07 Å². The fourth-order valence-corrected chi connectivity index (χ4v) is 4.80. The van der Waals surface area contributed by atoms with Gasteiger partial charge in [-0.3, -0.25) is 10.1 Å². The molecule has 0 radical (unpaired) electrons. The van der Waals surface area contributed by atoms with Crippen molar-refractivity contribution in [1.82, 2.24) is 0 Å². The van der Waals surface area contributed by atoms with Crippen LogP contribution in [0.2, 0.25) is 0 Å². The molecule has 1 aliphatic rings. The summed E-state index contributed by atoms with van der Waals surface area (Å²) in [6.07, 6.45) is 0.762. The molecule has 1 unspecified atom stereocenters. The van der Waals surface area contributed by atoms with E-state index in [1.165, 1.54) is 18.2 Å². The summed E-state index contributed by atoms with van der Waals surface area (Å²) in [5, 5.41) is 13.2. The van der Waals surface area contributed by atoms with Crippen LogP contribution in [0.5, 0.6) is 5.75 Å². The van der Waals surface area contributed by atoms with Crippen molar-refractivity contribution in [2.75, 3.05) is 6.26 Å². The molecule has 0 spiro atoms. The molecule has 1 aliphatic heterocycles. The third-order valence-electron chi connectivity index (χ3n) is 5.98. The zero-order valence-corrected chi connectivity index (χ0v) is 19.4. The van der Waals surface area contributed by atoms with Gasteiger partial charge in [0.25, 0.3) is 5.70 Å². The number of rotatable bonds is 4. The SMILES string of the molecule is CS(=O)(=O)c1ccc(-c2ccc3ccc4c(c3c2)C=C([N+](=O)[O-])C(c2cc(F)c(F)cc2F)O4)cc1. The highest BCUT2D eigenvalue weighted by Gasteiger charge is 2.36. The van der Waals surface area contributed by atoms with E-state index in [0.717, 1.165) is 22.8 Å². The summed E-state index contributed by atoms with van der Waals surface area (Å²) in [4.78, 5) is 11.3. The number of hydrogen-bond donors (Lipinski definition) is 0. The molecule has 0 aliphatic carbocycles. The number of halogens is 3. The molecule has 36 heavy (non-hydrogen) atoms. The quantitative estimate of drug-likeness (QED) is 0.188. The molecule has 1 atom stereocenters. The summed E-state index contributed by atoms with van der Waals surface area (Å²) < 4.78 is 71.0. The van der Waals surface area contributed by atoms with E-state index in [1.54, 1.807) is 36.4 Å². The first-order chi connectivity index (χ1) is 17.0. The molecule has 0 N–H and O–H groups in total. The number of nitrogens with zero attached hydrogens (tertiary/aromatic N) is 1. The Morgan fingerprint density at radius 1 is 0.861 bits per heavy atom. The molecule has 5 rings (SSSR count). The Hall–Kier alpha value is -4.18. The minimum absolute atomic E-state index is 0.173. The minimum Gasteiger partial charge on any atom is -0.474 e. The maximum atomic E-state index is 14.4. The van der Waals surface area contributed by atoms with E-state index in [-0.39, 0.29) is 10.6 Å². The van der Waals surface area contributed by atoms with Crippen LogP contribution in [0, 0.1) is 27.6 Å². The van der Waals surface area contributed by atoms with Crippen LogP contribution in [0.15, 0.2) is 77.3 Å². The molecule has 0 amide bonds. The molecule has 0 saturated carbocycles. The number of benzene rings is 4. The molecular weight excluding hydrogens is 495 g/mol. The minimum atomic E-state index is -3.36. The molecule has 4 aromatic rings. The lowest BCUT2D eigenvalue weighted by Gasteiger charge is -2.24. The summed E-state index contributed by atoms with van der Waals surface area (Å²) >= 11 is 0. The van der Waals surface area contributed by atoms with Crippen LogP contribution in [0.4, 0.5) is 13.2 Å². The van der Waals surface area contributed by atoms with Crippen LogP contribution in [0.3, 0.4) is 0 Å². The highest BCUT2D eigenvalue weighted by molar-refractivity contribution is 7.90. The van der Waals surface area contributed by atoms with Crippen molar-refractivity contribution in [3.05, 3.63) is 111 Å². The van der Waals surface area contributed by atoms with Crippen molar-refractivity contribution in [3.63, 3.8) is 0 Å². The van der Waals surface area contributed by atoms with Gasteiger partial charge in [-0.25, -0.2) is 21.6 Å². The third-order valence-corrected chi connectivity index (χ3v) is 7.11. The van der Waals surface area contributed by atoms with Gasteiger partial charge in [0, 0.05) is 29.5 Å². The Kier molecular flexibility index (Phi) is 5.55. The first-order valence-electron chi connectivity index (χ1n) is 10.6. The number of hydrogen-bond acceptors (Lipinski definition) is 5. The zero-order valence-electron chi connectivity index (χ0n) is 18.5. The summed E-state index contributed by atoms with van der Waals surface area (Å²) in [7, 11) is -3.36. The molecule has 0 saturated heterocycles. The van der Waals surface area contributed by atoms with Crippen molar-refractivity contribution in [2.45, 2.75) is 11.0 Å². The van der Waals surface area contributed by atoms with Gasteiger partial charge in [-0.15, -0.1) is 0 Å². The van der Waals surface area contributed by atoms with Crippen LogP contribution in [-0.2, 0) is 9.84 Å². The fourth-order valence-electron chi connectivity index (χ4n) is 4.17. The summed E-state index contributed by atoms with van der Waals surface area (Å²) in [6, 6.07) is 15.9. The van der Waals surface area contributed by atoms with Crippen LogP contribution in [0.1, 0.15) is 17.2 Å². The summed E-state index contributed by atoms with van der Waals surface area (Å²) in [5.74, 6) is -3.74. The molecule has 0 aromatic heterocycles. The Morgan fingerprint density at radius 2 is 1.50 bits per heavy atom. The van der Waals surface area contributed by atoms with Gasteiger partial charge in [0.1, 0.15) is 11.6 Å². The van der Waals surface area contributed by atoms with Crippen LogP contribution < -0.4 is 4.74 Å². The Balaban J connectivity index is 1.64. The maximum absolute atomic E-state index is 14.4. The van der Waals surface area contributed by atoms with Crippen LogP contribution in [0.25, 0.3) is 28.0 Å². The first kappa shape index (κ1) is 23.6. The van der Waals surface area contributed by atoms with E-state index in [2.05, 4.69) is 0 Å². The predicted molar refractivity (Wildman–Crippen MR) is 127 cm³/mol. The summed E-state index contributed by atoms with van der Waals surface area (Å²) in [5.41, 5.74) is 0.776. The standard InChI is InChI=1S/C26H16F3NO5S/c1-36(33,34)17-7-4-14(5-8-17)16-3-2-15-6-9-25-19(18(15)10-16)12-24(30(31)32)26(35-25)20-11-22(28)23(29)13-21(20)27/h2-13,26H,1H3. The highest BCUT2D eigenvalue weighted by Crippen LogP contribution is 2.42. The van der Waals surface area contributed by atoms with Gasteiger partial charge in [0.2, 0.25) is 6.10 Å². The van der Waals surface area contributed by atoms with E-state index in [9.17, 15) is 31.7 Å². The smallest absolute Gasteiger partial charge is 0.291 e. The summed E-state index contributed by atoms with van der Waals surface area (Å²) in [6.45, 7) is 0. The van der Waals surface area contributed by atoms with Gasteiger partial charge in [0.15, 0.2) is 21.5 Å². The number of fused-ring (bicyclic) bond motifs is 3. The van der Waals surface area contributed by atoms with Gasteiger partial charge < -0.3 is 4.74 Å². The van der Waals surface area contributed by atoms with E-state index < -0.39 is 49.6 Å². The zero-order chi connectivity index (χ0) is 25.8. The third kappa shape index (κ3) is 4.09. The number of ether oxygens (including phenoxy) is 1. The molecule has 1 heterocycles. The maximum Gasteiger partial charge on any atom is 0.291 e. The monoisotopic (exact) mass is 511 g/mol. The van der Waals surface area contributed by atoms with Crippen molar-refractivity contribution < 1.29 is 31.2 Å².